The van der Waals surface area contributed by atoms with Crippen molar-refractivity contribution in [2.75, 3.05) is 25.4 Å². The van der Waals surface area contributed by atoms with Crippen LogP contribution in [-0.4, -0.2) is 44.7 Å². The lowest BCUT2D eigenvalue weighted by Crippen LogP contribution is -2.41. The standard InChI is InChI=1S/C16H22N2O2S/c19-21(20)9-7-15(13-5-1-2-6-16(13)21)18-10-12-4-3-8-17-14(12)11-18/h1-2,5-6,12,14-15,17H,3-4,7-11H2/t12-,14+,15?/m0/s1. The number of hydrogen-bond acceptors (Lipinski definition) is 4. The second-order valence-electron chi connectivity index (χ2n) is 6.58. The van der Waals surface area contributed by atoms with E-state index in [1.807, 2.05) is 18.2 Å². The van der Waals surface area contributed by atoms with Gasteiger partial charge in [-0.1, -0.05) is 18.2 Å². The van der Waals surface area contributed by atoms with Gasteiger partial charge in [0.05, 0.1) is 10.6 Å². The van der Waals surface area contributed by atoms with E-state index in [9.17, 15) is 8.42 Å². The van der Waals surface area contributed by atoms with E-state index in [1.165, 1.54) is 12.8 Å². The van der Waals surface area contributed by atoms with E-state index in [1.54, 1.807) is 6.07 Å². The van der Waals surface area contributed by atoms with Crippen LogP contribution in [-0.2, 0) is 9.84 Å². The Balaban J connectivity index is 1.65. The highest BCUT2D eigenvalue weighted by Crippen LogP contribution is 2.39. The molecule has 3 aliphatic heterocycles. The molecule has 2 fully saturated rings. The molecule has 0 bridgehead atoms. The number of benzene rings is 1. The average molecular weight is 306 g/mol. The van der Waals surface area contributed by atoms with Crippen LogP contribution in [0.3, 0.4) is 0 Å². The van der Waals surface area contributed by atoms with Crippen molar-refractivity contribution in [3.8, 4) is 0 Å². The molecule has 3 atom stereocenters. The highest BCUT2D eigenvalue weighted by Gasteiger charge is 2.40. The monoisotopic (exact) mass is 306 g/mol. The molecule has 3 heterocycles. The average Bonchev–Trinajstić information content (AvgIpc) is 2.91. The first kappa shape index (κ1) is 13.7. The van der Waals surface area contributed by atoms with Crippen molar-refractivity contribution in [2.24, 2.45) is 5.92 Å². The molecule has 1 N–H and O–H groups in total. The lowest BCUT2D eigenvalue weighted by Gasteiger charge is -2.33. The summed E-state index contributed by atoms with van der Waals surface area (Å²) in [7, 11) is -3.07. The first-order valence-electron chi connectivity index (χ1n) is 7.94. The predicted molar refractivity (Wildman–Crippen MR) is 81.9 cm³/mol. The van der Waals surface area contributed by atoms with Gasteiger partial charge in [-0.15, -0.1) is 0 Å². The Morgan fingerprint density at radius 2 is 2.00 bits per heavy atom. The molecule has 0 spiro atoms. The number of hydrogen-bond donors (Lipinski definition) is 1. The largest absolute Gasteiger partial charge is 0.312 e. The second kappa shape index (κ2) is 5.07. The predicted octanol–water partition coefficient (Wildman–Crippen LogP) is 1.59. The van der Waals surface area contributed by atoms with Crippen molar-refractivity contribution < 1.29 is 8.42 Å². The van der Waals surface area contributed by atoms with Gasteiger partial charge in [0, 0.05) is 25.2 Å². The molecule has 5 heteroatoms. The zero-order valence-corrected chi connectivity index (χ0v) is 13.0. The lowest BCUT2D eigenvalue weighted by atomic mass is 9.94. The van der Waals surface area contributed by atoms with Gasteiger partial charge in [0.15, 0.2) is 9.84 Å². The minimum atomic E-state index is -3.07. The van der Waals surface area contributed by atoms with E-state index in [0.717, 1.165) is 37.5 Å². The van der Waals surface area contributed by atoms with Crippen LogP contribution in [0, 0.1) is 5.92 Å². The fraction of sp³-hybridized carbons (Fsp3) is 0.625. The molecule has 0 amide bonds. The van der Waals surface area contributed by atoms with Crippen LogP contribution >= 0.6 is 0 Å². The molecule has 3 aliphatic rings. The molecule has 0 radical (unpaired) electrons. The molecule has 4 rings (SSSR count). The zero-order chi connectivity index (χ0) is 14.4. The van der Waals surface area contributed by atoms with E-state index < -0.39 is 9.84 Å². The summed E-state index contributed by atoms with van der Waals surface area (Å²) in [6.45, 7) is 3.30. The maximum atomic E-state index is 12.3. The normalized spacial score (nSPS) is 35.1. The highest BCUT2D eigenvalue weighted by molar-refractivity contribution is 7.91. The molecule has 4 nitrogen and oxygen atoms in total. The smallest absolute Gasteiger partial charge is 0.178 e. The van der Waals surface area contributed by atoms with Crippen molar-refractivity contribution in [3.63, 3.8) is 0 Å². The maximum absolute atomic E-state index is 12.3. The minimum Gasteiger partial charge on any atom is -0.312 e. The molecular weight excluding hydrogens is 284 g/mol. The Labute approximate surface area is 126 Å². The van der Waals surface area contributed by atoms with E-state index in [4.69, 9.17) is 0 Å². The van der Waals surface area contributed by atoms with Gasteiger partial charge in [-0.3, -0.25) is 4.90 Å². The Kier molecular flexibility index (Phi) is 3.32. The van der Waals surface area contributed by atoms with Crippen molar-refractivity contribution in [1.29, 1.82) is 0 Å². The minimum absolute atomic E-state index is 0.275. The number of piperidine rings is 1. The Bertz CT molecular complexity index is 629. The molecule has 21 heavy (non-hydrogen) atoms. The third-order valence-electron chi connectivity index (χ3n) is 5.34. The van der Waals surface area contributed by atoms with Gasteiger partial charge >= 0.3 is 0 Å². The molecule has 0 saturated carbocycles. The van der Waals surface area contributed by atoms with Crippen LogP contribution in [0.2, 0.25) is 0 Å². The van der Waals surface area contributed by atoms with Gasteiger partial charge in [-0.2, -0.15) is 0 Å². The summed E-state index contributed by atoms with van der Waals surface area (Å²) in [5, 5.41) is 3.63. The van der Waals surface area contributed by atoms with Crippen LogP contribution < -0.4 is 5.32 Å². The van der Waals surface area contributed by atoms with Gasteiger partial charge in [0.25, 0.3) is 0 Å². The number of sulfone groups is 1. The SMILES string of the molecule is O=S1(=O)CCC(N2C[C@@H]3CCCN[C@@H]3C2)c2ccccc21. The van der Waals surface area contributed by atoms with Crippen molar-refractivity contribution in [1.82, 2.24) is 10.2 Å². The van der Waals surface area contributed by atoms with Crippen LogP contribution in [0.15, 0.2) is 29.2 Å². The van der Waals surface area contributed by atoms with Gasteiger partial charge < -0.3 is 5.32 Å². The molecular formula is C16H22N2O2S. The quantitative estimate of drug-likeness (QED) is 0.856. The second-order valence-corrected chi connectivity index (χ2v) is 8.66. The Morgan fingerprint density at radius 1 is 1.14 bits per heavy atom. The molecule has 1 unspecified atom stereocenters. The third kappa shape index (κ3) is 2.31. The summed E-state index contributed by atoms with van der Waals surface area (Å²) in [4.78, 5) is 3.07. The van der Waals surface area contributed by atoms with Crippen LogP contribution in [0.1, 0.15) is 30.9 Å². The number of nitrogens with one attached hydrogen (secondary N) is 1. The fourth-order valence-electron chi connectivity index (χ4n) is 4.29. The van der Waals surface area contributed by atoms with E-state index in [0.29, 0.717) is 10.9 Å². The number of rotatable bonds is 1. The molecule has 1 aromatic carbocycles. The van der Waals surface area contributed by atoms with Crippen LogP contribution in [0.25, 0.3) is 0 Å². The highest BCUT2D eigenvalue weighted by atomic mass is 32.2. The number of fused-ring (bicyclic) bond motifs is 2. The van der Waals surface area contributed by atoms with Crippen molar-refractivity contribution in [2.45, 2.75) is 36.2 Å². The number of likely N-dealkylation sites (tertiary alicyclic amines) is 1. The van der Waals surface area contributed by atoms with E-state index in [2.05, 4.69) is 10.2 Å². The lowest BCUT2D eigenvalue weighted by molar-refractivity contribution is 0.223. The summed E-state index contributed by atoms with van der Waals surface area (Å²) in [5.41, 5.74) is 1.02. The molecule has 0 aliphatic carbocycles. The molecule has 0 aromatic heterocycles. The topological polar surface area (TPSA) is 49.4 Å². The maximum Gasteiger partial charge on any atom is 0.178 e. The van der Waals surface area contributed by atoms with Crippen molar-refractivity contribution in [3.05, 3.63) is 29.8 Å². The molecule has 114 valence electrons. The van der Waals surface area contributed by atoms with Crippen molar-refractivity contribution >= 4 is 9.84 Å². The summed E-state index contributed by atoms with van der Waals surface area (Å²) >= 11 is 0. The van der Waals surface area contributed by atoms with Gasteiger partial charge in [-0.05, 0) is 43.4 Å². The Hall–Kier alpha value is -0.910. The van der Waals surface area contributed by atoms with Gasteiger partial charge in [0.1, 0.15) is 0 Å². The summed E-state index contributed by atoms with van der Waals surface area (Å²) in [6.07, 6.45) is 3.31. The molecule has 1 aromatic rings. The van der Waals surface area contributed by atoms with Gasteiger partial charge in [0.2, 0.25) is 0 Å². The fourth-order valence-corrected chi connectivity index (χ4v) is 5.89. The Morgan fingerprint density at radius 3 is 2.86 bits per heavy atom. The summed E-state index contributed by atoms with van der Waals surface area (Å²) < 4.78 is 24.5. The van der Waals surface area contributed by atoms with Gasteiger partial charge in [-0.25, -0.2) is 8.42 Å². The van der Waals surface area contributed by atoms with Crippen LogP contribution in [0.4, 0.5) is 0 Å². The summed E-state index contributed by atoms with van der Waals surface area (Å²) in [6, 6.07) is 8.46. The molecule has 2 saturated heterocycles. The van der Waals surface area contributed by atoms with E-state index >= 15 is 0 Å². The number of nitrogens with zero attached hydrogens (tertiary/aromatic N) is 1. The van der Waals surface area contributed by atoms with E-state index in [-0.39, 0.29) is 11.8 Å². The third-order valence-corrected chi connectivity index (χ3v) is 7.16. The first-order valence-corrected chi connectivity index (χ1v) is 9.59. The zero-order valence-electron chi connectivity index (χ0n) is 12.2. The summed E-state index contributed by atoms with van der Waals surface area (Å²) in [5.74, 6) is 1.03. The first-order chi connectivity index (χ1) is 10.1. The van der Waals surface area contributed by atoms with Crippen LogP contribution in [0.5, 0.6) is 0 Å².